The molecule has 0 saturated heterocycles. The molecule has 4 nitrogen and oxygen atoms in total. The second kappa shape index (κ2) is 8.32. The smallest absolute Gasteiger partial charge is 0.345 e. The summed E-state index contributed by atoms with van der Waals surface area (Å²) >= 11 is 0. The Labute approximate surface area is 145 Å². The number of esters is 2. The van der Waals surface area contributed by atoms with Crippen LogP contribution < -0.4 is 0 Å². The SMILES string of the molecule is CC(C)(C)COC(=O)C(=CC1C=CC=CC1)C(=O)OCC(C)(C)C. The second-order valence-corrected chi connectivity index (χ2v) is 8.57. The minimum absolute atomic E-state index is 0.00521. The Hall–Kier alpha value is -1.84. The van der Waals surface area contributed by atoms with E-state index in [2.05, 4.69) is 0 Å². The van der Waals surface area contributed by atoms with Crippen molar-refractivity contribution in [3.05, 3.63) is 36.0 Å². The normalized spacial score (nSPS) is 17.3. The minimum Gasteiger partial charge on any atom is -0.461 e. The van der Waals surface area contributed by atoms with Gasteiger partial charge in [-0.1, -0.05) is 71.9 Å². The summed E-state index contributed by atoms with van der Waals surface area (Å²) < 4.78 is 10.6. The molecule has 0 amide bonds. The molecule has 1 aliphatic rings. The van der Waals surface area contributed by atoms with Crippen LogP contribution >= 0.6 is 0 Å². The van der Waals surface area contributed by atoms with Crippen molar-refractivity contribution in [3.63, 3.8) is 0 Å². The fourth-order valence-corrected chi connectivity index (χ4v) is 1.88. The first-order valence-electron chi connectivity index (χ1n) is 8.37. The van der Waals surface area contributed by atoms with Gasteiger partial charge in [-0.3, -0.25) is 0 Å². The van der Waals surface area contributed by atoms with Gasteiger partial charge in [0, 0.05) is 0 Å². The third-order valence-corrected chi connectivity index (χ3v) is 3.11. The van der Waals surface area contributed by atoms with Gasteiger partial charge in [0.25, 0.3) is 0 Å². The first-order chi connectivity index (χ1) is 11.0. The minimum atomic E-state index is -0.619. The Balaban J connectivity index is 2.87. The largest absolute Gasteiger partial charge is 0.461 e. The Kier molecular flexibility index (Phi) is 7.00. The number of carbonyl (C=O) groups excluding carboxylic acids is 2. The van der Waals surface area contributed by atoms with Crippen molar-refractivity contribution in [2.75, 3.05) is 13.2 Å². The van der Waals surface area contributed by atoms with Crippen LogP contribution in [-0.2, 0) is 19.1 Å². The molecule has 0 aromatic carbocycles. The van der Waals surface area contributed by atoms with E-state index in [1.54, 1.807) is 6.08 Å². The van der Waals surface area contributed by atoms with Crippen molar-refractivity contribution in [3.8, 4) is 0 Å². The third-order valence-electron chi connectivity index (χ3n) is 3.11. The van der Waals surface area contributed by atoms with Gasteiger partial charge in [-0.05, 0) is 23.2 Å². The highest BCUT2D eigenvalue weighted by molar-refractivity contribution is 6.14. The maximum Gasteiger partial charge on any atom is 0.345 e. The molecule has 0 aliphatic heterocycles. The van der Waals surface area contributed by atoms with Crippen molar-refractivity contribution >= 4 is 11.9 Å². The van der Waals surface area contributed by atoms with E-state index in [4.69, 9.17) is 9.47 Å². The van der Waals surface area contributed by atoms with Crippen LogP contribution in [0.15, 0.2) is 36.0 Å². The summed E-state index contributed by atoms with van der Waals surface area (Å²) in [7, 11) is 0. The molecule has 0 spiro atoms. The van der Waals surface area contributed by atoms with Crippen molar-refractivity contribution in [1.29, 1.82) is 0 Å². The predicted molar refractivity (Wildman–Crippen MR) is 95.3 cm³/mol. The number of carbonyl (C=O) groups is 2. The molecule has 134 valence electrons. The maximum absolute atomic E-state index is 12.4. The molecule has 1 rings (SSSR count). The van der Waals surface area contributed by atoms with Crippen molar-refractivity contribution < 1.29 is 19.1 Å². The van der Waals surface area contributed by atoms with E-state index in [9.17, 15) is 9.59 Å². The Bertz CT molecular complexity index is 507. The zero-order valence-corrected chi connectivity index (χ0v) is 15.7. The van der Waals surface area contributed by atoms with Crippen LogP contribution in [0.5, 0.6) is 0 Å². The molecule has 0 heterocycles. The van der Waals surface area contributed by atoms with Gasteiger partial charge in [-0.25, -0.2) is 9.59 Å². The Morgan fingerprint density at radius 2 is 1.46 bits per heavy atom. The van der Waals surface area contributed by atoms with Gasteiger partial charge < -0.3 is 9.47 Å². The summed E-state index contributed by atoms with van der Waals surface area (Å²) in [6.45, 7) is 12.3. The monoisotopic (exact) mass is 334 g/mol. The highest BCUT2D eigenvalue weighted by atomic mass is 16.6. The van der Waals surface area contributed by atoms with Crippen molar-refractivity contribution in [2.45, 2.75) is 48.0 Å². The highest BCUT2D eigenvalue weighted by Crippen LogP contribution is 2.20. The Morgan fingerprint density at radius 3 is 1.83 bits per heavy atom. The second-order valence-electron chi connectivity index (χ2n) is 8.57. The molecule has 1 aliphatic carbocycles. The molecule has 0 fully saturated rings. The molecular weight excluding hydrogens is 304 g/mol. The summed E-state index contributed by atoms with van der Waals surface area (Å²) in [5, 5.41) is 0. The average Bonchev–Trinajstić information content (AvgIpc) is 2.47. The van der Waals surface area contributed by atoms with Crippen LogP contribution in [0.25, 0.3) is 0 Å². The van der Waals surface area contributed by atoms with Gasteiger partial charge in [0.05, 0.1) is 13.2 Å². The zero-order chi connectivity index (χ0) is 18.4. The van der Waals surface area contributed by atoms with Crippen LogP contribution in [0.2, 0.25) is 0 Å². The van der Waals surface area contributed by atoms with Crippen LogP contribution in [0.4, 0.5) is 0 Å². The lowest BCUT2D eigenvalue weighted by Gasteiger charge is -2.20. The van der Waals surface area contributed by atoms with Gasteiger partial charge in [-0.2, -0.15) is 0 Å². The molecule has 1 unspecified atom stereocenters. The van der Waals surface area contributed by atoms with Crippen LogP contribution in [0.3, 0.4) is 0 Å². The molecule has 24 heavy (non-hydrogen) atoms. The summed E-state index contributed by atoms with van der Waals surface area (Å²) in [6.07, 6.45) is 10.2. The summed E-state index contributed by atoms with van der Waals surface area (Å²) in [5.74, 6) is -1.24. The van der Waals surface area contributed by atoms with E-state index in [0.717, 1.165) is 6.42 Å². The number of allylic oxidation sites excluding steroid dienone is 5. The van der Waals surface area contributed by atoms with Crippen molar-refractivity contribution in [2.24, 2.45) is 16.7 Å². The quantitative estimate of drug-likeness (QED) is 0.327. The lowest BCUT2D eigenvalue weighted by Crippen LogP contribution is -2.26. The van der Waals surface area contributed by atoms with Crippen LogP contribution in [-0.4, -0.2) is 25.2 Å². The summed E-state index contributed by atoms with van der Waals surface area (Å²) in [4.78, 5) is 24.8. The Morgan fingerprint density at radius 1 is 0.958 bits per heavy atom. The van der Waals surface area contributed by atoms with Crippen LogP contribution in [0, 0.1) is 16.7 Å². The fourth-order valence-electron chi connectivity index (χ4n) is 1.88. The molecule has 1 atom stereocenters. The molecule has 0 radical (unpaired) electrons. The van der Waals surface area contributed by atoms with Gasteiger partial charge in [0.2, 0.25) is 0 Å². The molecule has 0 saturated carbocycles. The third kappa shape index (κ3) is 8.14. The summed E-state index contributed by atoms with van der Waals surface area (Å²) in [6, 6.07) is 0. The molecule has 0 aromatic rings. The lowest BCUT2D eigenvalue weighted by atomic mass is 9.97. The van der Waals surface area contributed by atoms with Crippen LogP contribution in [0.1, 0.15) is 48.0 Å². The highest BCUT2D eigenvalue weighted by Gasteiger charge is 2.26. The van der Waals surface area contributed by atoms with Gasteiger partial charge in [-0.15, -0.1) is 0 Å². The molecule has 0 aromatic heterocycles. The van der Waals surface area contributed by atoms with Crippen molar-refractivity contribution in [1.82, 2.24) is 0 Å². The van der Waals surface area contributed by atoms with Gasteiger partial charge in [0.1, 0.15) is 5.57 Å². The number of hydrogen-bond acceptors (Lipinski definition) is 4. The molecule has 0 N–H and O–H groups in total. The maximum atomic E-state index is 12.4. The topological polar surface area (TPSA) is 52.6 Å². The fraction of sp³-hybridized carbons (Fsp3) is 0.600. The number of hydrogen-bond donors (Lipinski definition) is 0. The number of rotatable bonds is 5. The first-order valence-corrected chi connectivity index (χ1v) is 8.37. The zero-order valence-electron chi connectivity index (χ0n) is 15.7. The molecule has 4 heteroatoms. The standard InChI is InChI=1S/C20H30O4/c1-19(2,3)13-23-17(21)16(12-15-10-8-7-9-11-15)18(22)24-14-20(4,5)6/h7-10,12,15H,11,13-14H2,1-6H3. The summed E-state index contributed by atoms with van der Waals surface area (Å²) in [5.41, 5.74) is -0.346. The molecular formula is C20H30O4. The van der Waals surface area contributed by atoms with E-state index in [0.29, 0.717) is 0 Å². The molecule has 0 bridgehead atoms. The van der Waals surface area contributed by atoms with E-state index >= 15 is 0 Å². The van der Waals surface area contributed by atoms with E-state index < -0.39 is 11.9 Å². The van der Waals surface area contributed by atoms with E-state index in [-0.39, 0.29) is 35.5 Å². The lowest BCUT2D eigenvalue weighted by molar-refractivity contribution is -0.150. The first kappa shape index (κ1) is 20.2. The number of ether oxygens (including phenoxy) is 2. The predicted octanol–water partition coefficient (Wildman–Crippen LogP) is 4.22. The van der Waals surface area contributed by atoms with E-state index in [1.165, 1.54) is 0 Å². The van der Waals surface area contributed by atoms with Gasteiger partial charge >= 0.3 is 11.9 Å². The van der Waals surface area contributed by atoms with Gasteiger partial charge in [0.15, 0.2) is 0 Å². The van der Waals surface area contributed by atoms with E-state index in [1.807, 2.05) is 65.8 Å². The average molecular weight is 334 g/mol.